The van der Waals surface area contributed by atoms with Gasteiger partial charge in [-0.05, 0) is 30.5 Å². The van der Waals surface area contributed by atoms with Gasteiger partial charge in [0.25, 0.3) is 15.9 Å². The minimum absolute atomic E-state index is 0.0584. The van der Waals surface area contributed by atoms with Gasteiger partial charge in [-0.1, -0.05) is 12.1 Å². The smallest absolute Gasteiger partial charge is 0.270 e. The van der Waals surface area contributed by atoms with Crippen LogP contribution in [0.5, 0.6) is 5.75 Å². The molecule has 1 aliphatic carbocycles. The van der Waals surface area contributed by atoms with Gasteiger partial charge >= 0.3 is 0 Å². The van der Waals surface area contributed by atoms with Gasteiger partial charge < -0.3 is 21.5 Å². The Labute approximate surface area is 157 Å². The van der Waals surface area contributed by atoms with Crippen molar-refractivity contribution in [3.8, 4) is 5.75 Å². The van der Waals surface area contributed by atoms with Gasteiger partial charge in [0.15, 0.2) is 10.7 Å². The first kappa shape index (κ1) is 19.2. The number of carbonyl (C=O) groups excluding carboxylic acids is 1. The number of carbonyl (C=O) groups is 1. The Morgan fingerprint density at radius 3 is 2.81 bits per heavy atom. The number of ether oxygens (including phenoxy) is 1. The zero-order valence-electron chi connectivity index (χ0n) is 14.8. The standard InChI is InChI=1S/C17H23N5O4S/c18-14-15(16(19)23)27(24,25)22-17(14)20-7-2-8-26-13-4-1-3-11(9-13)10-21-12-5-6-12/h1,3-4,9,12,21H,2,5-8,10,18H2,(H2,19,23)(H,20,22). The van der Waals surface area contributed by atoms with Gasteiger partial charge in [-0.15, -0.1) is 0 Å². The third-order valence-corrected chi connectivity index (χ3v) is 5.56. The van der Waals surface area contributed by atoms with Crippen LogP contribution in [0.4, 0.5) is 0 Å². The fourth-order valence-corrected chi connectivity index (χ4v) is 3.79. The summed E-state index contributed by atoms with van der Waals surface area (Å²) in [5.41, 5.74) is 11.6. The Balaban J connectivity index is 1.47. The Kier molecular flexibility index (Phi) is 5.66. The number of amidine groups is 1. The second kappa shape index (κ2) is 7.97. The maximum absolute atomic E-state index is 11.8. The minimum Gasteiger partial charge on any atom is -0.494 e. The summed E-state index contributed by atoms with van der Waals surface area (Å²) in [5.74, 6) is -0.392. The lowest BCUT2D eigenvalue weighted by Gasteiger charge is -2.08. The number of sulfonamides is 1. The SMILES string of the molecule is NC(=O)C1=C(N)C(=NCCCOc2cccc(CNC3CC3)c2)NS1(=O)=O. The van der Waals surface area contributed by atoms with Crippen molar-refractivity contribution in [3.05, 3.63) is 40.4 Å². The second-order valence-corrected chi connectivity index (χ2v) is 8.07. The maximum atomic E-state index is 11.8. The Morgan fingerprint density at radius 2 is 2.15 bits per heavy atom. The molecule has 6 N–H and O–H groups in total. The Morgan fingerprint density at radius 1 is 1.37 bits per heavy atom. The molecule has 0 radical (unpaired) electrons. The molecule has 1 heterocycles. The van der Waals surface area contributed by atoms with Gasteiger partial charge in [-0.2, -0.15) is 0 Å². The van der Waals surface area contributed by atoms with Gasteiger partial charge in [0, 0.05) is 25.6 Å². The van der Waals surface area contributed by atoms with E-state index in [0.29, 0.717) is 19.1 Å². The lowest BCUT2D eigenvalue weighted by atomic mass is 10.2. The molecule has 1 aliphatic heterocycles. The first-order valence-corrected chi connectivity index (χ1v) is 10.2. The topological polar surface area (TPSA) is 149 Å². The molecule has 146 valence electrons. The number of rotatable bonds is 9. The highest BCUT2D eigenvalue weighted by atomic mass is 32.2. The van der Waals surface area contributed by atoms with E-state index in [1.807, 2.05) is 24.3 Å². The lowest BCUT2D eigenvalue weighted by Crippen LogP contribution is -2.27. The van der Waals surface area contributed by atoms with Crippen LogP contribution in [-0.4, -0.2) is 39.4 Å². The largest absolute Gasteiger partial charge is 0.494 e. The lowest BCUT2D eigenvalue weighted by molar-refractivity contribution is -0.113. The number of hydrogen-bond acceptors (Lipinski definition) is 7. The zero-order valence-corrected chi connectivity index (χ0v) is 15.6. The number of nitrogens with one attached hydrogen (secondary N) is 2. The molecule has 0 unspecified atom stereocenters. The van der Waals surface area contributed by atoms with Gasteiger partial charge in [0.1, 0.15) is 11.4 Å². The van der Waals surface area contributed by atoms with E-state index in [9.17, 15) is 13.2 Å². The van der Waals surface area contributed by atoms with Crippen molar-refractivity contribution in [3.63, 3.8) is 0 Å². The van der Waals surface area contributed by atoms with Gasteiger partial charge in [-0.25, -0.2) is 8.42 Å². The van der Waals surface area contributed by atoms with E-state index in [2.05, 4.69) is 15.0 Å². The number of amides is 1. The van der Waals surface area contributed by atoms with E-state index < -0.39 is 20.8 Å². The molecule has 27 heavy (non-hydrogen) atoms. The van der Waals surface area contributed by atoms with Crippen LogP contribution in [0.1, 0.15) is 24.8 Å². The van der Waals surface area contributed by atoms with E-state index >= 15 is 0 Å². The summed E-state index contributed by atoms with van der Waals surface area (Å²) in [4.78, 5) is 14.6. The summed E-state index contributed by atoms with van der Waals surface area (Å²) in [6.45, 7) is 1.52. The fourth-order valence-electron chi connectivity index (χ4n) is 2.61. The third kappa shape index (κ3) is 4.98. The van der Waals surface area contributed by atoms with Crippen molar-refractivity contribution >= 4 is 21.8 Å². The molecule has 2 aliphatic rings. The number of benzene rings is 1. The highest BCUT2D eigenvalue weighted by molar-refractivity contribution is 7.95. The van der Waals surface area contributed by atoms with Crippen molar-refractivity contribution in [1.82, 2.24) is 10.0 Å². The molecule has 0 bridgehead atoms. The second-order valence-electron chi connectivity index (χ2n) is 6.45. The molecule has 1 saturated carbocycles. The molecule has 0 saturated heterocycles. The van der Waals surface area contributed by atoms with E-state index in [1.165, 1.54) is 12.8 Å². The molecule has 0 aromatic heterocycles. The molecular weight excluding hydrogens is 370 g/mol. The summed E-state index contributed by atoms with van der Waals surface area (Å²) < 4.78 is 31.4. The molecule has 1 amide bonds. The predicted molar refractivity (Wildman–Crippen MR) is 101 cm³/mol. The highest BCUT2D eigenvalue weighted by Crippen LogP contribution is 2.20. The first-order chi connectivity index (χ1) is 12.9. The van der Waals surface area contributed by atoms with Crippen LogP contribution < -0.4 is 26.2 Å². The molecule has 1 aromatic carbocycles. The van der Waals surface area contributed by atoms with E-state index in [1.54, 1.807) is 0 Å². The average molecular weight is 393 g/mol. The normalized spacial score (nSPS) is 19.9. The van der Waals surface area contributed by atoms with Crippen LogP contribution >= 0.6 is 0 Å². The van der Waals surface area contributed by atoms with Crippen LogP contribution in [0.25, 0.3) is 0 Å². The summed E-state index contributed by atoms with van der Waals surface area (Å²) in [5, 5.41) is 3.45. The van der Waals surface area contributed by atoms with Crippen molar-refractivity contribution in [2.75, 3.05) is 13.2 Å². The number of primary amides is 1. The maximum Gasteiger partial charge on any atom is 0.270 e. The highest BCUT2D eigenvalue weighted by Gasteiger charge is 2.36. The van der Waals surface area contributed by atoms with Crippen molar-refractivity contribution in [1.29, 1.82) is 0 Å². The number of nitrogens with zero attached hydrogens (tertiary/aromatic N) is 1. The summed E-state index contributed by atoms with van der Waals surface area (Å²) >= 11 is 0. The van der Waals surface area contributed by atoms with Crippen LogP contribution in [0.3, 0.4) is 0 Å². The predicted octanol–water partition coefficient (Wildman–Crippen LogP) is -0.305. The molecule has 0 spiro atoms. The van der Waals surface area contributed by atoms with Crippen molar-refractivity contribution in [2.24, 2.45) is 16.5 Å². The number of hydrogen-bond donors (Lipinski definition) is 4. The molecule has 0 atom stereocenters. The molecule has 9 nitrogen and oxygen atoms in total. The van der Waals surface area contributed by atoms with Crippen LogP contribution in [0, 0.1) is 0 Å². The van der Waals surface area contributed by atoms with Crippen LogP contribution in [0.15, 0.2) is 39.9 Å². The fraction of sp³-hybridized carbons (Fsp3) is 0.412. The third-order valence-electron chi connectivity index (χ3n) is 4.14. The zero-order chi connectivity index (χ0) is 19.4. The summed E-state index contributed by atoms with van der Waals surface area (Å²) in [7, 11) is -4.02. The Hall–Kier alpha value is -2.59. The van der Waals surface area contributed by atoms with E-state index in [4.69, 9.17) is 16.2 Å². The number of aliphatic imine (C=N–C) groups is 1. The van der Waals surface area contributed by atoms with Crippen LogP contribution in [0.2, 0.25) is 0 Å². The van der Waals surface area contributed by atoms with Gasteiger partial charge in [0.2, 0.25) is 0 Å². The van der Waals surface area contributed by atoms with Crippen molar-refractivity contribution < 1.29 is 17.9 Å². The average Bonchev–Trinajstić information content (AvgIpc) is 3.39. The van der Waals surface area contributed by atoms with E-state index in [0.717, 1.165) is 17.9 Å². The molecule has 1 aromatic rings. The summed E-state index contributed by atoms with van der Waals surface area (Å²) in [6.07, 6.45) is 3.04. The van der Waals surface area contributed by atoms with Crippen molar-refractivity contribution in [2.45, 2.75) is 31.8 Å². The quantitative estimate of drug-likeness (QED) is 0.423. The minimum atomic E-state index is -4.02. The van der Waals surface area contributed by atoms with Crippen LogP contribution in [-0.2, 0) is 21.4 Å². The molecule has 1 fully saturated rings. The summed E-state index contributed by atoms with van der Waals surface area (Å²) in [6, 6.07) is 8.53. The van der Waals surface area contributed by atoms with E-state index in [-0.39, 0.29) is 18.1 Å². The monoisotopic (exact) mass is 393 g/mol. The molecule has 3 rings (SSSR count). The molecule has 10 heteroatoms. The van der Waals surface area contributed by atoms with Gasteiger partial charge in [-0.3, -0.25) is 14.5 Å². The molecular formula is C17H23N5O4S. The first-order valence-electron chi connectivity index (χ1n) is 8.69. The number of nitrogens with two attached hydrogens (primary N) is 2. The Bertz CT molecular complexity index is 890. The van der Waals surface area contributed by atoms with Gasteiger partial charge in [0.05, 0.1) is 6.61 Å².